The van der Waals surface area contributed by atoms with E-state index in [1.54, 1.807) is 122 Å². The molecule has 0 aliphatic carbocycles. The molecule has 0 saturated heterocycles. The van der Waals surface area contributed by atoms with Crippen molar-refractivity contribution in [1.82, 2.24) is 27.9 Å². The summed E-state index contributed by atoms with van der Waals surface area (Å²) in [6, 6.07) is 29.6. The van der Waals surface area contributed by atoms with E-state index in [0.717, 1.165) is 7.94 Å². The summed E-state index contributed by atoms with van der Waals surface area (Å²) in [7, 11) is -7.81. The molecule has 0 amide bonds. The molecule has 0 radical (unpaired) electrons. The molecule has 0 aliphatic heterocycles. The molecular formula is C38H30N6O6S2. The maximum atomic E-state index is 13.3. The minimum Gasteiger partial charge on any atom is -0.382 e. The van der Waals surface area contributed by atoms with Gasteiger partial charge in [0.1, 0.15) is 12.2 Å². The van der Waals surface area contributed by atoms with Crippen LogP contribution in [0.25, 0.3) is 21.8 Å². The lowest BCUT2D eigenvalue weighted by Gasteiger charge is -2.16. The van der Waals surface area contributed by atoms with Crippen LogP contribution in [0.3, 0.4) is 0 Å². The van der Waals surface area contributed by atoms with Crippen molar-refractivity contribution >= 4 is 41.9 Å². The lowest BCUT2D eigenvalue weighted by Crippen LogP contribution is -2.18. The first-order chi connectivity index (χ1) is 25.2. The monoisotopic (exact) mass is 730 g/mol. The number of rotatable bonds is 8. The maximum absolute atomic E-state index is 13.3. The number of nitrogens with zero attached hydrogens (tertiary/aromatic N) is 6. The van der Waals surface area contributed by atoms with E-state index in [0.29, 0.717) is 32.9 Å². The zero-order chi connectivity index (χ0) is 36.3. The summed E-state index contributed by atoms with van der Waals surface area (Å²) in [6.07, 6.45) is 10.1. The van der Waals surface area contributed by atoms with Gasteiger partial charge in [-0.15, -0.1) is 0 Å². The largest absolute Gasteiger partial charge is 0.382 e. The molecule has 0 aliphatic rings. The molecule has 6 heterocycles. The van der Waals surface area contributed by atoms with Gasteiger partial charge in [-0.3, -0.25) is 19.9 Å². The number of aliphatic hydroxyl groups excluding tert-OH is 2. The summed E-state index contributed by atoms with van der Waals surface area (Å²) in [4.78, 5) is 16.3. The Balaban J connectivity index is 0.000000162. The second-order valence-electron chi connectivity index (χ2n) is 11.5. The lowest BCUT2D eigenvalue weighted by molar-refractivity contribution is 0.214. The first kappa shape index (κ1) is 34.4. The van der Waals surface area contributed by atoms with Crippen LogP contribution in [0.5, 0.6) is 0 Å². The molecule has 8 rings (SSSR count). The summed E-state index contributed by atoms with van der Waals surface area (Å²) in [5, 5.41) is 23.1. The minimum atomic E-state index is -3.90. The zero-order valence-corrected chi connectivity index (χ0v) is 28.8. The van der Waals surface area contributed by atoms with Crippen molar-refractivity contribution in [3.63, 3.8) is 0 Å². The molecule has 2 aromatic carbocycles. The highest BCUT2D eigenvalue weighted by Crippen LogP contribution is 2.33. The highest BCUT2D eigenvalue weighted by molar-refractivity contribution is 7.90. The molecule has 52 heavy (non-hydrogen) atoms. The van der Waals surface area contributed by atoms with Gasteiger partial charge in [0.15, 0.2) is 0 Å². The van der Waals surface area contributed by atoms with E-state index < -0.39 is 32.3 Å². The highest BCUT2D eigenvalue weighted by Gasteiger charge is 2.28. The minimum absolute atomic E-state index is 0.143. The summed E-state index contributed by atoms with van der Waals surface area (Å²) < 4.78 is 55.4. The number of hydrogen-bond donors (Lipinski definition) is 2. The Morgan fingerprint density at radius 1 is 0.462 bits per heavy atom. The fourth-order valence-electron chi connectivity index (χ4n) is 5.84. The lowest BCUT2D eigenvalue weighted by atomic mass is 10.1. The fraction of sp³-hybridized carbons (Fsp3) is 0.0526. The van der Waals surface area contributed by atoms with E-state index in [-0.39, 0.29) is 21.2 Å². The average Bonchev–Trinajstić information content (AvgIpc) is 3.79. The number of aromatic nitrogens is 6. The van der Waals surface area contributed by atoms with Crippen LogP contribution in [0.15, 0.2) is 169 Å². The molecule has 8 aromatic rings. The third-order valence-electron chi connectivity index (χ3n) is 8.35. The molecular weight excluding hydrogens is 701 g/mol. The summed E-state index contributed by atoms with van der Waals surface area (Å²) in [5.74, 6) is 0. The summed E-state index contributed by atoms with van der Waals surface area (Å²) in [6.45, 7) is 0. The molecule has 0 saturated carbocycles. The number of benzene rings is 2. The number of aliphatic hydroxyl groups is 2. The van der Waals surface area contributed by atoms with Crippen LogP contribution >= 0.6 is 0 Å². The van der Waals surface area contributed by atoms with Gasteiger partial charge >= 0.3 is 0 Å². The predicted octanol–water partition coefficient (Wildman–Crippen LogP) is 5.50. The van der Waals surface area contributed by atoms with Crippen molar-refractivity contribution in [3.8, 4) is 0 Å². The number of pyridine rings is 4. The van der Waals surface area contributed by atoms with Gasteiger partial charge in [-0.2, -0.15) is 0 Å². The van der Waals surface area contributed by atoms with Gasteiger partial charge < -0.3 is 10.2 Å². The van der Waals surface area contributed by atoms with E-state index in [1.807, 2.05) is 0 Å². The first-order valence-corrected chi connectivity index (χ1v) is 18.7. The van der Waals surface area contributed by atoms with Crippen molar-refractivity contribution in [1.29, 1.82) is 0 Å². The molecule has 2 unspecified atom stereocenters. The number of fused-ring (bicyclic) bond motifs is 2. The van der Waals surface area contributed by atoms with Crippen LogP contribution in [-0.2, 0) is 20.0 Å². The van der Waals surface area contributed by atoms with E-state index in [2.05, 4.69) is 19.9 Å². The smallest absolute Gasteiger partial charge is 0.268 e. The Hall–Kier alpha value is -6.06. The van der Waals surface area contributed by atoms with Crippen molar-refractivity contribution in [2.45, 2.75) is 22.0 Å². The van der Waals surface area contributed by atoms with Crippen LogP contribution in [-0.4, -0.2) is 54.9 Å². The van der Waals surface area contributed by atoms with Crippen molar-refractivity contribution in [3.05, 3.63) is 181 Å². The molecule has 14 heteroatoms. The Morgan fingerprint density at radius 2 is 0.808 bits per heavy atom. The van der Waals surface area contributed by atoms with Crippen LogP contribution in [0.4, 0.5) is 0 Å². The van der Waals surface area contributed by atoms with E-state index in [1.165, 1.54) is 36.7 Å². The Morgan fingerprint density at radius 3 is 1.17 bits per heavy atom. The molecule has 0 fully saturated rings. The van der Waals surface area contributed by atoms with Gasteiger partial charge in [0.05, 0.1) is 44.6 Å². The van der Waals surface area contributed by atoms with Crippen LogP contribution in [0.1, 0.15) is 34.7 Å². The fourth-order valence-corrected chi connectivity index (χ4v) is 8.94. The second kappa shape index (κ2) is 14.3. The molecule has 0 bridgehead atoms. The third kappa shape index (κ3) is 6.47. The Bertz CT molecular complexity index is 2500. The molecule has 12 nitrogen and oxygen atoms in total. The first-order valence-electron chi connectivity index (χ1n) is 15.9. The second-order valence-corrected chi connectivity index (χ2v) is 15.1. The van der Waals surface area contributed by atoms with Gasteiger partial charge in [-0.25, -0.2) is 24.8 Å². The third-order valence-corrected chi connectivity index (χ3v) is 11.9. The molecule has 2 atom stereocenters. The predicted molar refractivity (Wildman–Crippen MR) is 194 cm³/mol. The Kier molecular flexibility index (Phi) is 9.45. The highest BCUT2D eigenvalue weighted by atomic mass is 32.2. The van der Waals surface area contributed by atoms with Crippen molar-refractivity contribution in [2.75, 3.05) is 0 Å². The SMILES string of the molecule is O=S(=O)(c1ccccc1)n1c(C(O)c2ccncc2)cc2ccncc21.O=S(=O)(c1ccccc1)n1c(C(O)c2ccncc2)cc2ccncc21. The molecule has 6 aromatic heterocycles. The summed E-state index contributed by atoms with van der Waals surface area (Å²) >= 11 is 0. The van der Waals surface area contributed by atoms with Crippen LogP contribution in [0.2, 0.25) is 0 Å². The standard InChI is InChI=1S/2C19H15N3O3S/c2*23-19(14-6-9-20-10-7-14)17-12-15-8-11-21-13-18(15)22(17)26(24,25)16-4-2-1-3-5-16/h2*1-13,19,23H. The van der Waals surface area contributed by atoms with Crippen LogP contribution < -0.4 is 0 Å². The average molecular weight is 731 g/mol. The van der Waals surface area contributed by atoms with Gasteiger partial charge in [0.25, 0.3) is 20.0 Å². The maximum Gasteiger partial charge on any atom is 0.268 e. The zero-order valence-electron chi connectivity index (χ0n) is 27.2. The van der Waals surface area contributed by atoms with Gasteiger partial charge in [-0.1, -0.05) is 36.4 Å². The topological polar surface area (TPSA) is 170 Å². The summed E-state index contributed by atoms with van der Waals surface area (Å²) in [5.41, 5.74) is 2.45. The molecule has 2 N–H and O–H groups in total. The Labute approximate surface area is 299 Å². The van der Waals surface area contributed by atoms with Crippen molar-refractivity contribution in [2.24, 2.45) is 0 Å². The normalized spacial score (nSPS) is 13.0. The van der Waals surface area contributed by atoms with Crippen molar-refractivity contribution < 1.29 is 27.0 Å². The van der Waals surface area contributed by atoms with E-state index >= 15 is 0 Å². The quantitative estimate of drug-likeness (QED) is 0.204. The van der Waals surface area contributed by atoms with Gasteiger partial charge in [-0.05, 0) is 83.9 Å². The molecule has 0 spiro atoms. The van der Waals surface area contributed by atoms with Gasteiger partial charge in [0.2, 0.25) is 0 Å². The van der Waals surface area contributed by atoms with E-state index in [4.69, 9.17) is 0 Å². The van der Waals surface area contributed by atoms with Crippen LogP contribution in [0, 0.1) is 0 Å². The van der Waals surface area contributed by atoms with E-state index in [9.17, 15) is 27.0 Å². The molecule has 260 valence electrons. The number of hydrogen-bond acceptors (Lipinski definition) is 10. The van der Waals surface area contributed by atoms with Gasteiger partial charge in [0, 0.05) is 48.0 Å².